The SMILES string of the molecule is Nc1nc(Oc2ccc(NC(=O)C[C@@H](Cc3cccc4ccccc34)C(=O)O)cc2)c2cc[nH]c2n1. The molecule has 0 unspecified atom stereocenters. The van der Waals surface area contributed by atoms with Gasteiger partial charge in [0.1, 0.15) is 11.4 Å². The van der Waals surface area contributed by atoms with Crippen LogP contribution in [0.25, 0.3) is 21.8 Å². The van der Waals surface area contributed by atoms with E-state index in [-0.39, 0.29) is 24.7 Å². The lowest BCUT2D eigenvalue weighted by molar-refractivity contribution is -0.143. The van der Waals surface area contributed by atoms with E-state index < -0.39 is 11.9 Å². The fourth-order valence-electron chi connectivity index (χ4n) is 4.14. The zero-order valence-electron chi connectivity index (χ0n) is 19.1. The first-order valence-corrected chi connectivity index (χ1v) is 11.3. The number of ether oxygens (including phenoxy) is 1. The fourth-order valence-corrected chi connectivity index (χ4v) is 4.14. The zero-order chi connectivity index (χ0) is 25.1. The van der Waals surface area contributed by atoms with Crippen LogP contribution in [0.4, 0.5) is 11.6 Å². The van der Waals surface area contributed by atoms with Gasteiger partial charge < -0.3 is 25.9 Å². The van der Waals surface area contributed by atoms with Crippen molar-refractivity contribution in [2.24, 2.45) is 5.92 Å². The van der Waals surface area contributed by atoms with Gasteiger partial charge >= 0.3 is 5.97 Å². The highest BCUT2D eigenvalue weighted by atomic mass is 16.5. The van der Waals surface area contributed by atoms with E-state index in [1.807, 2.05) is 42.5 Å². The number of carboxylic acids is 1. The van der Waals surface area contributed by atoms with Crippen molar-refractivity contribution in [2.45, 2.75) is 12.8 Å². The molecule has 9 nitrogen and oxygen atoms in total. The minimum absolute atomic E-state index is 0.0836. The topological polar surface area (TPSA) is 143 Å². The third-order valence-corrected chi connectivity index (χ3v) is 5.88. The molecule has 0 aliphatic heterocycles. The second-order valence-corrected chi connectivity index (χ2v) is 8.38. The summed E-state index contributed by atoms with van der Waals surface area (Å²) in [5.74, 6) is -1.36. The van der Waals surface area contributed by atoms with Crippen LogP contribution in [0.2, 0.25) is 0 Å². The molecule has 0 fully saturated rings. The van der Waals surface area contributed by atoms with Crippen LogP contribution in [0.15, 0.2) is 79.0 Å². The quantitative estimate of drug-likeness (QED) is 0.250. The van der Waals surface area contributed by atoms with Crippen molar-refractivity contribution in [1.29, 1.82) is 0 Å². The number of hydrogen-bond donors (Lipinski definition) is 4. The van der Waals surface area contributed by atoms with Crippen LogP contribution in [0.5, 0.6) is 11.6 Å². The number of carbonyl (C=O) groups is 2. The molecule has 0 bridgehead atoms. The highest BCUT2D eigenvalue weighted by Gasteiger charge is 2.23. The lowest BCUT2D eigenvalue weighted by atomic mass is 9.92. The van der Waals surface area contributed by atoms with Gasteiger partial charge in [-0.2, -0.15) is 9.97 Å². The van der Waals surface area contributed by atoms with Gasteiger partial charge in [0.15, 0.2) is 0 Å². The Hall–Kier alpha value is -4.92. The summed E-state index contributed by atoms with van der Waals surface area (Å²) in [5.41, 5.74) is 7.73. The number of H-pyrrole nitrogens is 1. The van der Waals surface area contributed by atoms with Crippen molar-refractivity contribution in [3.63, 3.8) is 0 Å². The number of nitrogens with one attached hydrogen (secondary N) is 2. The Labute approximate surface area is 206 Å². The van der Waals surface area contributed by atoms with E-state index in [0.717, 1.165) is 16.3 Å². The first-order chi connectivity index (χ1) is 17.5. The molecule has 2 heterocycles. The second-order valence-electron chi connectivity index (χ2n) is 8.38. The summed E-state index contributed by atoms with van der Waals surface area (Å²) < 4.78 is 5.85. The number of carboxylic acid groups (broad SMARTS) is 1. The Kier molecular flexibility index (Phi) is 6.19. The lowest BCUT2D eigenvalue weighted by Gasteiger charge is -2.14. The summed E-state index contributed by atoms with van der Waals surface area (Å²) in [6.07, 6.45) is 1.82. The number of carbonyl (C=O) groups excluding carboxylic acids is 1. The molecule has 3 aromatic carbocycles. The number of amides is 1. The average molecular weight is 482 g/mol. The zero-order valence-corrected chi connectivity index (χ0v) is 19.1. The van der Waals surface area contributed by atoms with E-state index in [0.29, 0.717) is 28.4 Å². The molecule has 0 aliphatic carbocycles. The van der Waals surface area contributed by atoms with Crippen LogP contribution < -0.4 is 15.8 Å². The number of aliphatic carboxylic acids is 1. The first-order valence-electron chi connectivity index (χ1n) is 11.3. The molecule has 180 valence electrons. The minimum atomic E-state index is -1.01. The highest BCUT2D eigenvalue weighted by Crippen LogP contribution is 2.28. The first kappa shape index (κ1) is 22.9. The number of fused-ring (bicyclic) bond motifs is 2. The van der Waals surface area contributed by atoms with Gasteiger partial charge in [0.2, 0.25) is 17.7 Å². The number of anilines is 2. The molecule has 5 N–H and O–H groups in total. The van der Waals surface area contributed by atoms with E-state index in [2.05, 4.69) is 20.3 Å². The molecular weight excluding hydrogens is 458 g/mol. The standard InChI is InChI=1S/C27H23N5O4/c28-27-31-24-22(12-13-29-24)25(32-27)36-20-10-8-19(9-11-20)30-23(33)15-18(26(34)35)14-17-6-3-5-16-4-1-2-7-21(16)17/h1-13,18H,14-15H2,(H,30,33)(H,34,35)(H3,28,29,31,32)/t18-/m1/s1. The van der Waals surface area contributed by atoms with Gasteiger partial charge in [0, 0.05) is 18.3 Å². The highest BCUT2D eigenvalue weighted by molar-refractivity contribution is 5.93. The maximum Gasteiger partial charge on any atom is 0.307 e. The van der Waals surface area contributed by atoms with E-state index >= 15 is 0 Å². The van der Waals surface area contributed by atoms with Crippen LogP contribution in [0.3, 0.4) is 0 Å². The largest absolute Gasteiger partial charge is 0.481 e. The number of nitrogens with zero attached hydrogens (tertiary/aromatic N) is 2. The number of aromatic nitrogens is 3. The van der Waals surface area contributed by atoms with Gasteiger partial charge in [-0.05, 0) is 53.1 Å². The third kappa shape index (κ3) is 4.95. The molecule has 0 saturated carbocycles. The van der Waals surface area contributed by atoms with Crippen molar-refractivity contribution in [3.8, 4) is 11.6 Å². The van der Waals surface area contributed by atoms with Crippen LogP contribution in [0.1, 0.15) is 12.0 Å². The summed E-state index contributed by atoms with van der Waals surface area (Å²) in [6.45, 7) is 0. The molecule has 1 atom stereocenters. The number of rotatable bonds is 8. The molecule has 0 radical (unpaired) electrons. The molecule has 0 saturated heterocycles. The molecule has 5 aromatic rings. The Morgan fingerprint density at radius 2 is 1.75 bits per heavy atom. The van der Waals surface area contributed by atoms with E-state index in [9.17, 15) is 14.7 Å². The Bertz CT molecular complexity index is 1560. The van der Waals surface area contributed by atoms with Gasteiger partial charge in [0.05, 0.1) is 11.3 Å². The molecule has 2 aromatic heterocycles. The maximum absolute atomic E-state index is 12.7. The van der Waals surface area contributed by atoms with Gasteiger partial charge in [-0.15, -0.1) is 0 Å². The lowest BCUT2D eigenvalue weighted by Crippen LogP contribution is -2.24. The van der Waals surface area contributed by atoms with Crippen LogP contribution in [-0.2, 0) is 16.0 Å². The van der Waals surface area contributed by atoms with Crippen molar-refractivity contribution in [1.82, 2.24) is 15.0 Å². The number of benzene rings is 3. The number of nitrogens with two attached hydrogens (primary N) is 1. The summed E-state index contributed by atoms with van der Waals surface area (Å²) in [7, 11) is 0. The van der Waals surface area contributed by atoms with Crippen molar-refractivity contribution < 1.29 is 19.4 Å². The molecule has 1 amide bonds. The van der Waals surface area contributed by atoms with Crippen molar-refractivity contribution in [2.75, 3.05) is 11.1 Å². The molecule has 36 heavy (non-hydrogen) atoms. The molecule has 0 aliphatic rings. The molecule has 0 spiro atoms. The normalized spacial score (nSPS) is 11.9. The molecule has 5 rings (SSSR count). The molecule has 9 heteroatoms. The Morgan fingerprint density at radius 3 is 2.56 bits per heavy atom. The summed E-state index contributed by atoms with van der Waals surface area (Å²) in [5, 5.41) is 15.2. The van der Waals surface area contributed by atoms with Gasteiger partial charge in [0.25, 0.3) is 0 Å². The van der Waals surface area contributed by atoms with Gasteiger partial charge in [-0.25, -0.2) is 0 Å². The Morgan fingerprint density at radius 1 is 0.972 bits per heavy atom. The summed E-state index contributed by atoms with van der Waals surface area (Å²) in [6, 6.07) is 22.1. The van der Waals surface area contributed by atoms with E-state index in [1.165, 1.54) is 0 Å². The third-order valence-electron chi connectivity index (χ3n) is 5.88. The second kappa shape index (κ2) is 9.75. The maximum atomic E-state index is 12.7. The van der Waals surface area contributed by atoms with Gasteiger partial charge in [-0.1, -0.05) is 42.5 Å². The van der Waals surface area contributed by atoms with E-state index in [1.54, 1.807) is 36.5 Å². The smallest absolute Gasteiger partial charge is 0.307 e. The molecular formula is C27H23N5O4. The van der Waals surface area contributed by atoms with Gasteiger partial charge in [-0.3, -0.25) is 9.59 Å². The predicted octanol–water partition coefficient (Wildman–Crippen LogP) is 4.76. The fraction of sp³-hybridized carbons (Fsp3) is 0.111. The average Bonchev–Trinajstić information content (AvgIpc) is 3.33. The van der Waals surface area contributed by atoms with Crippen molar-refractivity contribution >= 4 is 45.3 Å². The minimum Gasteiger partial charge on any atom is -0.481 e. The number of hydrogen-bond acceptors (Lipinski definition) is 6. The van der Waals surface area contributed by atoms with Crippen LogP contribution >= 0.6 is 0 Å². The van der Waals surface area contributed by atoms with E-state index in [4.69, 9.17) is 10.5 Å². The predicted molar refractivity (Wildman–Crippen MR) is 137 cm³/mol. The summed E-state index contributed by atoms with van der Waals surface area (Å²) >= 11 is 0. The van der Waals surface area contributed by atoms with Crippen LogP contribution in [0, 0.1) is 5.92 Å². The van der Waals surface area contributed by atoms with Crippen molar-refractivity contribution in [3.05, 3.63) is 84.6 Å². The number of aromatic amines is 1. The monoisotopic (exact) mass is 481 g/mol. The Balaban J connectivity index is 1.24. The van der Waals surface area contributed by atoms with Crippen LogP contribution in [-0.4, -0.2) is 31.9 Å². The summed E-state index contributed by atoms with van der Waals surface area (Å²) in [4.78, 5) is 35.8. The number of nitrogen functional groups attached to an aromatic ring is 1.